The molecule has 0 aliphatic carbocycles. The van der Waals surface area contributed by atoms with E-state index in [1.165, 1.54) is 0 Å². The van der Waals surface area contributed by atoms with E-state index in [0.29, 0.717) is 17.2 Å². The molecule has 2 unspecified atom stereocenters. The summed E-state index contributed by atoms with van der Waals surface area (Å²) in [5.41, 5.74) is 3.07. The molecule has 108 valence electrons. The molecule has 3 N–H and O–H groups in total. The number of fused-ring (bicyclic) bond motifs is 4. The Bertz CT molecular complexity index is 869. The van der Waals surface area contributed by atoms with Crippen molar-refractivity contribution >= 4 is 39.6 Å². The van der Waals surface area contributed by atoms with Crippen molar-refractivity contribution in [2.75, 3.05) is 13.1 Å². The van der Waals surface area contributed by atoms with Crippen LogP contribution in [-0.4, -0.2) is 28.3 Å². The standard InChI is InChI=1S/C15H15N3OS2/c1-8-6-17-15-12(7-16-8)21(19)11-4-3-10-9(14(11)15)2-5-13(20)18-10/h2-5,8,16-17H,6-7H2,1H3,(H,18,20). The van der Waals surface area contributed by atoms with Crippen LogP contribution in [0.3, 0.4) is 0 Å². The van der Waals surface area contributed by atoms with Gasteiger partial charge >= 0.3 is 0 Å². The molecule has 2 aromatic rings. The first-order chi connectivity index (χ1) is 10.1. The van der Waals surface area contributed by atoms with Crippen LogP contribution in [0.1, 0.15) is 12.5 Å². The van der Waals surface area contributed by atoms with Crippen LogP contribution < -0.4 is 10.6 Å². The molecule has 0 saturated carbocycles. The highest BCUT2D eigenvalue weighted by molar-refractivity contribution is 7.89. The van der Waals surface area contributed by atoms with Crippen molar-refractivity contribution in [3.8, 4) is 0 Å². The number of benzene rings is 1. The number of hydrogen-bond donors (Lipinski definition) is 3. The smallest absolute Gasteiger partial charge is 0.103 e. The molecule has 0 bridgehead atoms. The van der Waals surface area contributed by atoms with Gasteiger partial charge in [-0.05, 0) is 31.2 Å². The fourth-order valence-corrected chi connectivity index (χ4v) is 4.53. The highest BCUT2D eigenvalue weighted by Crippen LogP contribution is 2.39. The number of rotatable bonds is 0. The van der Waals surface area contributed by atoms with Crippen LogP contribution >= 0.6 is 12.2 Å². The van der Waals surface area contributed by atoms with Crippen molar-refractivity contribution in [2.24, 2.45) is 0 Å². The topological polar surface area (TPSA) is 56.9 Å². The molecule has 4 rings (SSSR count). The molecule has 21 heavy (non-hydrogen) atoms. The molecule has 2 aliphatic heterocycles. The monoisotopic (exact) mass is 317 g/mol. The molecule has 3 heterocycles. The van der Waals surface area contributed by atoms with Gasteiger partial charge in [0.2, 0.25) is 0 Å². The Labute approximate surface area is 130 Å². The normalized spacial score (nSPS) is 24.4. The Morgan fingerprint density at radius 1 is 1.29 bits per heavy atom. The lowest BCUT2D eigenvalue weighted by molar-refractivity contribution is 0.576. The van der Waals surface area contributed by atoms with E-state index in [4.69, 9.17) is 12.2 Å². The van der Waals surface area contributed by atoms with Gasteiger partial charge in [0, 0.05) is 35.6 Å². The summed E-state index contributed by atoms with van der Waals surface area (Å²) in [7, 11) is -1.09. The number of nitrogens with one attached hydrogen (secondary N) is 3. The second-order valence-corrected chi connectivity index (χ2v) is 7.36. The minimum atomic E-state index is -1.09. The minimum Gasteiger partial charge on any atom is -0.382 e. The molecular weight excluding hydrogens is 302 g/mol. The van der Waals surface area contributed by atoms with Crippen molar-refractivity contribution in [2.45, 2.75) is 17.9 Å². The Morgan fingerprint density at radius 3 is 3.00 bits per heavy atom. The zero-order chi connectivity index (χ0) is 14.6. The largest absolute Gasteiger partial charge is 0.382 e. The van der Waals surface area contributed by atoms with Crippen LogP contribution in [0, 0.1) is 4.64 Å². The summed E-state index contributed by atoms with van der Waals surface area (Å²) in [4.78, 5) is 5.04. The molecule has 0 saturated heterocycles. The number of H-pyrrole nitrogens is 1. The van der Waals surface area contributed by atoms with E-state index >= 15 is 0 Å². The third-order valence-electron chi connectivity index (χ3n) is 4.01. The highest BCUT2D eigenvalue weighted by Gasteiger charge is 2.31. The quantitative estimate of drug-likeness (QED) is 0.653. The molecule has 2 aliphatic rings. The fraction of sp³-hybridized carbons (Fsp3) is 0.267. The summed E-state index contributed by atoms with van der Waals surface area (Å²) in [5.74, 6) is 0. The first-order valence-electron chi connectivity index (χ1n) is 6.94. The molecule has 0 amide bonds. The van der Waals surface area contributed by atoms with Gasteiger partial charge in [-0.25, -0.2) is 4.21 Å². The zero-order valence-electron chi connectivity index (χ0n) is 11.5. The first kappa shape index (κ1) is 13.2. The third-order valence-corrected chi connectivity index (χ3v) is 5.79. The van der Waals surface area contributed by atoms with Crippen LogP contribution in [-0.2, 0) is 10.8 Å². The fourth-order valence-electron chi connectivity index (χ4n) is 2.93. The maximum atomic E-state index is 12.7. The second kappa shape index (κ2) is 4.76. The van der Waals surface area contributed by atoms with E-state index < -0.39 is 10.8 Å². The van der Waals surface area contributed by atoms with Gasteiger partial charge in [0.25, 0.3) is 0 Å². The lowest BCUT2D eigenvalue weighted by atomic mass is 10.0. The number of aromatic nitrogens is 1. The average molecular weight is 317 g/mol. The molecular formula is C15H15N3OS2. The predicted molar refractivity (Wildman–Crippen MR) is 87.9 cm³/mol. The van der Waals surface area contributed by atoms with E-state index in [-0.39, 0.29) is 0 Å². The first-order valence-corrected chi connectivity index (χ1v) is 8.49. The second-order valence-electron chi connectivity index (χ2n) is 5.45. The lowest BCUT2D eigenvalue weighted by Gasteiger charge is -2.13. The van der Waals surface area contributed by atoms with E-state index in [0.717, 1.165) is 38.5 Å². The number of pyridine rings is 1. The van der Waals surface area contributed by atoms with Crippen molar-refractivity contribution in [3.05, 3.63) is 39.4 Å². The van der Waals surface area contributed by atoms with E-state index in [1.54, 1.807) is 0 Å². The van der Waals surface area contributed by atoms with Gasteiger partial charge in [0.05, 0.1) is 26.3 Å². The maximum Gasteiger partial charge on any atom is 0.103 e. The Kier molecular flexibility index (Phi) is 2.99. The molecule has 1 aromatic heterocycles. The molecule has 0 spiro atoms. The van der Waals surface area contributed by atoms with Crippen LogP contribution in [0.5, 0.6) is 0 Å². The van der Waals surface area contributed by atoms with Crippen molar-refractivity contribution < 1.29 is 4.21 Å². The molecule has 6 heteroatoms. The molecule has 0 radical (unpaired) electrons. The summed E-state index contributed by atoms with van der Waals surface area (Å²) >= 11 is 5.19. The maximum absolute atomic E-state index is 12.7. The summed E-state index contributed by atoms with van der Waals surface area (Å²) in [6.07, 6.45) is 0. The van der Waals surface area contributed by atoms with Crippen molar-refractivity contribution in [3.63, 3.8) is 0 Å². The summed E-state index contributed by atoms with van der Waals surface area (Å²) in [5, 5.41) is 7.94. The van der Waals surface area contributed by atoms with Gasteiger partial charge in [-0.15, -0.1) is 0 Å². The lowest BCUT2D eigenvalue weighted by Crippen LogP contribution is -2.33. The predicted octanol–water partition coefficient (Wildman–Crippen LogP) is 2.27. The van der Waals surface area contributed by atoms with Crippen molar-refractivity contribution in [1.82, 2.24) is 15.6 Å². The molecule has 1 aromatic carbocycles. The Morgan fingerprint density at radius 2 is 2.14 bits per heavy atom. The minimum absolute atomic E-state index is 0.358. The van der Waals surface area contributed by atoms with Gasteiger partial charge in [-0.3, -0.25) is 0 Å². The van der Waals surface area contributed by atoms with Gasteiger partial charge in [0.15, 0.2) is 0 Å². The average Bonchev–Trinajstić information content (AvgIpc) is 2.61. The van der Waals surface area contributed by atoms with E-state index in [2.05, 4.69) is 22.5 Å². The molecule has 4 nitrogen and oxygen atoms in total. The van der Waals surface area contributed by atoms with Crippen LogP contribution in [0.4, 0.5) is 0 Å². The van der Waals surface area contributed by atoms with Gasteiger partial charge in [-0.2, -0.15) is 0 Å². The summed E-state index contributed by atoms with van der Waals surface area (Å²) in [6, 6.07) is 8.17. The summed E-state index contributed by atoms with van der Waals surface area (Å²) < 4.78 is 13.5. The molecule has 2 atom stereocenters. The zero-order valence-corrected chi connectivity index (χ0v) is 13.2. The number of hydrogen-bond acceptors (Lipinski definition) is 4. The van der Waals surface area contributed by atoms with Crippen LogP contribution in [0.15, 0.2) is 34.1 Å². The Hall–Kier alpha value is -1.50. The summed E-state index contributed by atoms with van der Waals surface area (Å²) in [6.45, 7) is 3.61. The van der Waals surface area contributed by atoms with E-state index in [1.807, 2.05) is 24.3 Å². The van der Waals surface area contributed by atoms with Gasteiger partial charge in [0.1, 0.15) is 4.64 Å². The van der Waals surface area contributed by atoms with Gasteiger partial charge < -0.3 is 15.6 Å². The number of aromatic amines is 1. The Balaban J connectivity index is 2.00. The SMILES string of the molecule is CC1CNC2=C(CN1)S(=O)c1ccc3[nH]c(=S)ccc3c12. The van der Waals surface area contributed by atoms with Crippen LogP contribution in [0.2, 0.25) is 0 Å². The third kappa shape index (κ3) is 1.97. The van der Waals surface area contributed by atoms with E-state index in [9.17, 15) is 4.21 Å². The molecule has 0 fully saturated rings. The van der Waals surface area contributed by atoms with Crippen LogP contribution in [0.25, 0.3) is 16.6 Å². The van der Waals surface area contributed by atoms with Crippen molar-refractivity contribution in [1.29, 1.82) is 0 Å². The van der Waals surface area contributed by atoms with Gasteiger partial charge in [-0.1, -0.05) is 12.2 Å². The highest BCUT2D eigenvalue weighted by atomic mass is 32.2.